The van der Waals surface area contributed by atoms with Crippen LogP contribution in [-0.2, 0) is 4.79 Å². The summed E-state index contributed by atoms with van der Waals surface area (Å²) in [5.41, 5.74) is 1.65. The molecule has 0 saturated carbocycles. The Bertz CT molecular complexity index is 731. The fourth-order valence-electron chi connectivity index (χ4n) is 2.88. The van der Waals surface area contributed by atoms with Crippen LogP contribution in [0.15, 0.2) is 42.5 Å². The number of amides is 1. The van der Waals surface area contributed by atoms with E-state index >= 15 is 0 Å². The van der Waals surface area contributed by atoms with Gasteiger partial charge in [0.1, 0.15) is 11.6 Å². The predicted molar refractivity (Wildman–Crippen MR) is 98.0 cm³/mol. The minimum absolute atomic E-state index is 0.155. The highest BCUT2D eigenvalue weighted by molar-refractivity contribution is 6.31. The van der Waals surface area contributed by atoms with E-state index in [9.17, 15) is 9.18 Å². The Balaban J connectivity index is 1.65. The molecule has 0 unspecified atom stereocenters. The van der Waals surface area contributed by atoms with Crippen molar-refractivity contribution in [1.82, 2.24) is 0 Å². The monoisotopic (exact) mass is 362 g/mol. The van der Waals surface area contributed by atoms with Gasteiger partial charge in [0.2, 0.25) is 0 Å². The maximum atomic E-state index is 12.9. The first kappa shape index (κ1) is 17.5. The SMILES string of the molecule is O=C(COc1ccc(F)cc1)Nc1cc(Cl)ccc1N1CCCCC1. The molecule has 6 heteroatoms. The zero-order chi connectivity index (χ0) is 17.6. The summed E-state index contributed by atoms with van der Waals surface area (Å²) < 4.78 is 18.3. The number of piperidine rings is 1. The van der Waals surface area contributed by atoms with Crippen molar-refractivity contribution in [2.45, 2.75) is 19.3 Å². The van der Waals surface area contributed by atoms with Crippen molar-refractivity contribution in [3.63, 3.8) is 0 Å². The summed E-state index contributed by atoms with van der Waals surface area (Å²) in [5, 5.41) is 3.43. The van der Waals surface area contributed by atoms with Gasteiger partial charge < -0.3 is 15.0 Å². The normalized spacial score (nSPS) is 14.2. The second kappa shape index (κ2) is 8.21. The molecule has 1 amide bonds. The van der Waals surface area contributed by atoms with Crippen LogP contribution < -0.4 is 15.0 Å². The van der Waals surface area contributed by atoms with E-state index in [-0.39, 0.29) is 18.3 Å². The average molecular weight is 363 g/mol. The highest BCUT2D eigenvalue weighted by atomic mass is 35.5. The molecule has 2 aromatic rings. The van der Waals surface area contributed by atoms with Crippen LogP contribution in [0, 0.1) is 5.82 Å². The van der Waals surface area contributed by atoms with Crippen molar-refractivity contribution >= 4 is 28.9 Å². The minimum atomic E-state index is -0.345. The summed E-state index contributed by atoms with van der Waals surface area (Å²) in [4.78, 5) is 14.5. The third-order valence-corrected chi connectivity index (χ3v) is 4.35. The van der Waals surface area contributed by atoms with Crippen LogP contribution in [0.3, 0.4) is 0 Å². The van der Waals surface area contributed by atoms with Crippen molar-refractivity contribution in [1.29, 1.82) is 0 Å². The van der Waals surface area contributed by atoms with Crippen LogP contribution in [0.4, 0.5) is 15.8 Å². The summed E-state index contributed by atoms with van der Waals surface area (Å²) >= 11 is 6.09. The van der Waals surface area contributed by atoms with E-state index in [1.807, 2.05) is 12.1 Å². The number of hydrogen-bond acceptors (Lipinski definition) is 3. The average Bonchev–Trinajstić information content (AvgIpc) is 2.62. The Morgan fingerprint density at radius 2 is 1.84 bits per heavy atom. The maximum absolute atomic E-state index is 12.9. The molecular weight excluding hydrogens is 343 g/mol. The van der Waals surface area contributed by atoms with E-state index < -0.39 is 0 Å². The minimum Gasteiger partial charge on any atom is -0.484 e. The van der Waals surface area contributed by atoms with Crippen LogP contribution >= 0.6 is 11.6 Å². The lowest BCUT2D eigenvalue weighted by molar-refractivity contribution is -0.118. The van der Waals surface area contributed by atoms with Crippen molar-refractivity contribution in [3.05, 3.63) is 53.3 Å². The second-order valence-electron chi connectivity index (χ2n) is 6.00. The molecule has 1 aliphatic heterocycles. The molecule has 0 spiro atoms. The summed E-state index contributed by atoms with van der Waals surface area (Å²) in [6.07, 6.45) is 3.52. The van der Waals surface area contributed by atoms with Crippen molar-refractivity contribution in [2.75, 3.05) is 29.9 Å². The highest BCUT2D eigenvalue weighted by Gasteiger charge is 2.16. The Morgan fingerprint density at radius 3 is 2.56 bits per heavy atom. The molecule has 0 radical (unpaired) electrons. The summed E-state index contributed by atoms with van der Waals surface area (Å²) in [7, 11) is 0. The molecule has 0 aromatic heterocycles. The third-order valence-electron chi connectivity index (χ3n) is 4.11. The predicted octanol–water partition coefficient (Wildman–Crippen LogP) is 4.49. The molecule has 1 heterocycles. The molecular formula is C19H20ClFN2O2. The smallest absolute Gasteiger partial charge is 0.262 e. The quantitative estimate of drug-likeness (QED) is 0.852. The molecule has 1 aliphatic rings. The lowest BCUT2D eigenvalue weighted by atomic mass is 10.1. The largest absolute Gasteiger partial charge is 0.484 e. The van der Waals surface area contributed by atoms with Gasteiger partial charge in [0, 0.05) is 18.1 Å². The Hall–Kier alpha value is -2.27. The number of rotatable bonds is 5. The number of anilines is 2. The number of nitrogens with zero attached hydrogens (tertiary/aromatic N) is 1. The van der Waals surface area contributed by atoms with Crippen molar-refractivity contribution in [2.24, 2.45) is 0 Å². The number of hydrogen-bond donors (Lipinski definition) is 1. The second-order valence-corrected chi connectivity index (χ2v) is 6.44. The van der Waals surface area contributed by atoms with E-state index in [4.69, 9.17) is 16.3 Å². The maximum Gasteiger partial charge on any atom is 0.262 e. The number of nitrogens with one attached hydrogen (secondary N) is 1. The molecule has 4 nitrogen and oxygen atoms in total. The summed E-state index contributed by atoms with van der Waals surface area (Å²) in [5.74, 6) is -0.189. The lowest BCUT2D eigenvalue weighted by Crippen LogP contribution is -2.31. The summed E-state index contributed by atoms with van der Waals surface area (Å²) in [6.45, 7) is 1.78. The van der Waals surface area contributed by atoms with Gasteiger partial charge in [-0.15, -0.1) is 0 Å². The van der Waals surface area contributed by atoms with Gasteiger partial charge in [-0.3, -0.25) is 4.79 Å². The number of ether oxygens (including phenoxy) is 1. The first-order valence-electron chi connectivity index (χ1n) is 8.34. The zero-order valence-corrected chi connectivity index (χ0v) is 14.6. The fraction of sp³-hybridized carbons (Fsp3) is 0.316. The fourth-order valence-corrected chi connectivity index (χ4v) is 3.06. The molecule has 2 aromatic carbocycles. The van der Waals surface area contributed by atoms with Gasteiger partial charge in [-0.2, -0.15) is 0 Å². The Labute approximate surface area is 151 Å². The standard InChI is InChI=1S/C19H20ClFN2O2/c20-14-4-9-18(23-10-2-1-3-11-23)17(12-14)22-19(24)13-25-16-7-5-15(21)6-8-16/h4-9,12H,1-3,10-11,13H2,(H,22,24). The van der Waals surface area contributed by atoms with Crippen LogP contribution in [0.1, 0.15) is 19.3 Å². The van der Waals surface area contributed by atoms with E-state index in [2.05, 4.69) is 10.2 Å². The molecule has 3 rings (SSSR count). The van der Waals surface area contributed by atoms with Gasteiger partial charge >= 0.3 is 0 Å². The van der Waals surface area contributed by atoms with Crippen LogP contribution in [0.5, 0.6) is 5.75 Å². The highest BCUT2D eigenvalue weighted by Crippen LogP contribution is 2.31. The Morgan fingerprint density at radius 1 is 1.12 bits per heavy atom. The molecule has 1 fully saturated rings. The molecule has 1 saturated heterocycles. The molecule has 0 bridgehead atoms. The zero-order valence-electron chi connectivity index (χ0n) is 13.8. The molecule has 132 valence electrons. The van der Waals surface area contributed by atoms with E-state index in [0.717, 1.165) is 31.6 Å². The first-order chi connectivity index (χ1) is 12.1. The van der Waals surface area contributed by atoms with Gasteiger partial charge in [-0.25, -0.2) is 4.39 Å². The van der Waals surface area contributed by atoms with E-state index in [1.54, 1.807) is 6.07 Å². The van der Waals surface area contributed by atoms with Crippen LogP contribution in [-0.4, -0.2) is 25.6 Å². The van der Waals surface area contributed by atoms with E-state index in [0.29, 0.717) is 16.5 Å². The van der Waals surface area contributed by atoms with Gasteiger partial charge in [0.15, 0.2) is 6.61 Å². The lowest BCUT2D eigenvalue weighted by Gasteiger charge is -2.30. The first-order valence-corrected chi connectivity index (χ1v) is 8.72. The summed E-state index contributed by atoms with van der Waals surface area (Å²) in [6, 6.07) is 11.1. The number of carbonyl (C=O) groups is 1. The van der Waals surface area contributed by atoms with Crippen LogP contribution in [0.2, 0.25) is 5.02 Å². The molecule has 25 heavy (non-hydrogen) atoms. The molecule has 1 N–H and O–H groups in total. The van der Waals surface area contributed by atoms with Gasteiger partial charge in [-0.1, -0.05) is 11.6 Å². The molecule has 0 aliphatic carbocycles. The van der Waals surface area contributed by atoms with Crippen LogP contribution in [0.25, 0.3) is 0 Å². The molecule has 0 atom stereocenters. The van der Waals surface area contributed by atoms with Gasteiger partial charge in [0.05, 0.1) is 11.4 Å². The van der Waals surface area contributed by atoms with Gasteiger partial charge in [0.25, 0.3) is 5.91 Å². The van der Waals surface area contributed by atoms with Crippen molar-refractivity contribution in [3.8, 4) is 5.75 Å². The third kappa shape index (κ3) is 4.86. The topological polar surface area (TPSA) is 41.6 Å². The van der Waals surface area contributed by atoms with Crippen molar-refractivity contribution < 1.29 is 13.9 Å². The number of halogens is 2. The van der Waals surface area contributed by atoms with Gasteiger partial charge in [-0.05, 0) is 61.7 Å². The van der Waals surface area contributed by atoms with E-state index in [1.165, 1.54) is 30.7 Å². The Kier molecular flexibility index (Phi) is 5.76. The number of carbonyl (C=O) groups excluding carboxylic acids is 1. The number of benzene rings is 2.